The molecule has 0 bridgehead atoms. The molecule has 1 aliphatic heterocycles. The first kappa shape index (κ1) is 25.1. The highest BCUT2D eigenvalue weighted by Crippen LogP contribution is 2.45. The lowest BCUT2D eigenvalue weighted by Crippen LogP contribution is -2.48. The molecule has 0 fully saturated rings. The van der Waals surface area contributed by atoms with Crippen LogP contribution in [0.5, 0.6) is 0 Å². The normalized spacial score (nSPS) is 20.1. The van der Waals surface area contributed by atoms with Gasteiger partial charge < -0.3 is 9.47 Å². The van der Waals surface area contributed by atoms with E-state index < -0.39 is 103 Å². The van der Waals surface area contributed by atoms with E-state index in [-0.39, 0.29) is 12.5 Å². The Hall–Kier alpha value is -3.65. The predicted molar refractivity (Wildman–Crippen MR) is 127 cm³/mol. The van der Waals surface area contributed by atoms with Crippen molar-refractivity contribution in [1.29, 1.82) is 0 Å². The van der Waals surface area contributed by atoms with Crippen LogP contribution in [0.2, 0.25) is 0 Å². The van der Waals surface area contributed by atoms with E-state index in [0.717, 1.165) is 13.2 Å². The summed E-state index contributed by atoms with van der Waals surface area (Å²) in [4.78, 5) is 27.4. The van der Waals surface area contributed by atoms with E-state index in [1.54, 1.807) is 0 Å². The molecule has 15 heteroatoms. The van der Waals surface area contributed by atoms with Gasteiger partial charge in [0.2, 0.25) is 0 Å². The quantitative estimate of drug-likeness (QED) is 0.323. The minimum Gasteiger partial charge on any atom is -0.453 e. The molecule has 1 aliphatic rings. The Balaban J connectivity index is 2.24. The summed E-state index contributed by atoms with van der Waals surface area (Å²) in [5, 5.41) is 0. The van der Waals surface area contributed by atoms with Gasteiger partial charge >= 0.3 is 30.7 Å². The molecule has 0 aromatic heterocycles. The largest absolute Gasteiger partial charge is 0.453 e. The number of carbonyl (C=O) groups excluding carboxylic acids is 2. The third kappa shape index (κ3) is 6.99. The molecular formula is C26H25F9N2O4. The van der Waals surface area contributed by atoms with Crippen molar-refractivity contribution in [3.63, 3.8) is 0 Å². The van der Waals surface area contributed by atoms with Gasteiger partial charge in [0.25, 0.3) is 0 Å². The van der Waals surface area contributed by atoms with E-state index in [0.29, 0.717) is 34.1 Å². The van der Waals surface area contributed by atoms with Gasteiger partial charge in [0.15, 0.2) is 0 Å². The number of ether oxygens (including phenoxy) is 2. The van der Waals surface area contributed by atoms with Crippen molar-refractivity contribution in [3.05, 3.63) is 64.2 Å². The van der Waals surface area contributed by atoms with E-state index in [2.05, 4.69) is 4.74 Å². The van der Waals surface area contributed by atoms with Crippen LogP contribution < -0.4 is 4.90 Å². The lowest BCUT2D eigenvalue weighted by atomic mass is 9.87. The van der Waals surface area contributed by atoms with Crippen molar-refractivity contribution in [2.45, 2.75) is 63.8 Å². The Morgan fingerprint density at radius 2 is 1.56 bits per heavy atom. The molecule has 2 unspecified atom stereocenters. The average molecular weight is 606 g/mol. The van der Waals surface area contributed by atoms with E-state index >= 15 is 0 Å². The van der Waals surface area contributed by atoms with Crippen LogP contribution in [0.1, 0.15) is 67.3 Å². The number of nitrogens with zero attached hydrogens (tertiary/aromatic N) is 2. The molecule has 2 amide bonds. The number of methoxy groups -OCH3 is 1. The maximum atomic E-state index is 13.8. The van der Waals surface area contributed by atoms with Gasteiger partial charge in [0.05, 0.1) is 44.8 Å². The second-order valence-corrected chi connectivity index (χ2v) is 8.94. The molecule has 2 aromatic rings. The molecule has 2 aromatic carbocycles. The van der Waals surface area contributed by atoms with Crippen LogP contribution in [-0.4, -0.2) is 36.8 Å². The molecule has 3 rings (SSSR count). The van der Waals surface area contributed by atoms with Crippen molar-refractivity contribution in [3.8, 4) is 0 Å². The molecule has 41 heavy (non-hydrogen) atoms. The number of amides is 2. The number of alkyl halides is 9. The predicted octanol–water partition coefficient (Wildman–Crippen LogP) is 8.20. The molecule has 0 spiro atoms. The number of hydrogen-bond donors (Lipinski definition) is 0. The second-order valence-electron chi connectivity index (χ2n) is 8.94. The third-order valence-electron chi connectivity index (χ3n) is 6.43. The summed E-state index contributed by atoms with van der Waals surface area (Å²) in [7, 11) is 0.816. The number of hydrogen-bond acceptors (Lipinski definition) is 4. The fraction of sp³-hybridized carbons (Fsp3) is 0.462. The highest BCUT2D eigenvalue weighted by molar-refractivity contribution is 5.90. The SMILES string of the molecule is [2H]C([2H])([2H])C([2H])([2H])OC(=O)N1c2ccc(C(F)(F)F)cc2C(N(Cc2cc(C(F)(F)F)cc(C(F)(F)F)c2)C(=O)OC)CC1CC. The Morgan fingerprint density at radius 1 is 0.976 bits per heavy atom. The van der Waals surface area contributed by atoms with Gasteiger partial charge in [0, 0.05) is 16.7 Å². The highest BCUT2D eigenvalue weighted by atomic mass is 19.4. The van der Waals surface area contributed by atoms with Crippen LogP contribution in [0.3, 0.4) is 0 Å². The van der Waals surface area contributed by atoms with Crippen molar-refractivity contribution in [2.24, 2.45) is 0 Å². The summed E-state index contributed by atoms with van der Waals surface area (Å²) in [6.45, 7) is -6.60. The minimum absolute atomic E-state index is 0.0698. The fourth-order valence-electron chi connectivity index (χ4n) is 4.62. The van der Waals surface area contributed by atoms with Gasteiger partial charge in [-0.25, -0.2) is 9.59 Å². The number of rotatable bonds is 5. The van der Waals surface area contributed by atoms with Crippen LogP contribution in [0.25, 0.3) is 0 Å². The molecule has 0 N–H and O–H groups in total. The summed E-state index contributed by atoms with van der Waals surface area (Å²) < 4.78 is 169. The lowest BCUT2D eigenvalue weighted by Gasteiger charge is -2.43. The third-order valence-corrected chi connectivity index (χ3v) is 6.43. The molecule has 0 saturated heterocycles. The zero-order valence-electron chi connectivity index (χ0n) is 26.2. The monoisotopic (exact) mass is 605 g/mol. The zero-order valence-corrected chi connectivity index (χ0v) is 21.2. The van der Waals surface area contributed by atoms with Gasteiger partial charge in [-0.05, 0) is 67.2 Å². The Kier molecular flexibility index (Phi) is 7.15. The summed E-state index contributed by atoms with van der Waals surface area (Å²) in [5.41, 5.74) is -6.36. The fourth-order valence-corrected chi connectivity index (χ4v) is 4.62. The first-order chi connectivity index (χ1) is 20.8. The number of benzene rings is 2. The molecule has 226 valence electrons. The Labute approximate surface area is 235 Å². The van der Waals surface area contributed by atoms with Gasteiger partial charge in [-0.3, -0.25) is 9.80 Å². The van der Waals surface area contributed by atoms with Gasteiger partial charge in [-0.2, -0.15) is 39.5 Å². The summed E-state index contributed by atoms with van der Waals surface area (Å²) in [6.07, 6.45) is -19.1. The lowest BCUT2D eigenvalue weighted by molar-refractivity contribution is -0.143. The van der Waals surface area contributed by atoms with Crippen molar-refractivity contribution in [1.82, 2.24) is 4.90 Å². The Bertz CT molecular complexity index is 1430. The number of halogens is 9. The average Bonchev–Trinajstić information content (AvgIpc) is 2.91. The maximum absolute atomic E-state index is 13.8. The maximum Gasteiger partial charge on any atom is 0.416 e. The second kappa shape index (κ2) is 11.7. The molecular weight excluding hydrogens is 575 g/mol. The first-order valence-electron chi connectivity index (χ1n) is 14.2. The van der Waals surface area contributed by atoms with Gasteiger partial charge in [0.1, 0.15) is 0 Å². The molecule has 6 nitrogen and oxygen atoms in total. The van der Waals surface area contributed by atoms with Crippen LogP contribution >= 0.6 is 0 Å². The van der Waals surface area contributed by atoms with E-state index in [1.165, 1.54) is 6.92 Å². The van der Waals surface area contributed by atoms with Gasteiger partial charge in [-0.1, -0.05) is 6.92 Å². The number of carbonyl (C=O) groups is 2. The van der Waals surface area contributed by atoms with Crippen LogP contribution in [-0.2, 0) is 34.5 Å². The van der Waals surface area contributed by atoms with Crippen molar-refractivity contribution < 1.29 is 65.4 Å². The standard InChI is InChI=1S/C26H25F9N2O4/c1-4-18-12-21(19-11-15(24(27,28)29)6-7-20(19)37(18)23(39)41-5-2)36(22(38)40-3)13-14-8-16(25(30,31)32)10-17(9-14)26(33,34)35/h6-11,18,21H,4-5,12-13H2,1-3H3/i2D3,5D2. The van der Waals surface area contributed by atoms with Crippen molar-refractivity contribution >= 4 is 17.9 Å². The molecule has 0 radical (unpaired) electrons. The highest BCUT2D eigenvalue weighted by Gasteiger charge is 2.43. The topological polar surface area (TPSA) is 59.1 Å². The Morgan fingerprint density at radius 3 is 2.05 bits per heavy atom. The van der Waals surface area contributed by atoms with E-state index in [4.69, 9.17) is 11.6 Å². The van der Waals surface area contributed by atoms with Crippen LogP contribution in [0, 0.1) is 0 Å². The minimum atomic E-state index is -5.25. The summed E-state index contributed by atoms with van der Waals surface area (Å²) in [5.74, 6) is 0. The molecule has 0 saturated carbocycles. The summed E-state index contributed by atoms with van der Waals surface area (Å²) in [6, 6.07) is -0.425. The van der Waals surface area contributed by atoms with E-state index in [1.807, 2.05) is 0 Å². The number of fused-ring (bicyclic) bond motifs is 1. The first-order valence-corrected chi connectivity index (χ1v) is 11.7. The zero-order chi connectivity index (χ0) is 35.2. The molecule has 2 atom stereocenters. The van der Waals surface area contributed by atoms with Gasteiger partial charge in [-0.15, -0.1) is 0 Å². The van der Waals surface area contributed by atoms with Crippen LogP contribution in [0.4, 0.5) is 54.8 Å². The van der Waals surface area contributed by atoms with Crippen molar-refractivity contribution in [2.75, 3.05) is 18.6 Å². The van der Waals surface area contributed by atoms with E-state index in [9.17, 15) is 49.1 Å². The molecule has 0 aliphatic carbocycles. The molecule has 1 heterocycles. The number of anilines is 1. The smallest absolute Gasteiger partial charge is 0.416 e. The summed E-state index contributed by atoms with van der Waals surface area (Å²) >= 11 is 0. The van der Waals surface area contributed by atoms with Crippen LogP contribution in [0.15, 0.2) is 36.4 Å².